The van der Waals surface area contributed by atoms with E-state index in [0.29, 0.717) is 32.0 Å². The van der Waals surface area contributed by atoms with Crippen LogP contribution >= 0.6 is 12.4 Å². The van der Waals surface area contributed by atoms with Crippen LogP contribution in [0.5, 0.6) is 0 Å². The summed E-state index contributed by atoms with van der Waals surface area (Å²) in [4.78, 5) is 14.5. The topological polar surface area (TPSA) is 55.6 Å². The number of benzene rings is 1. The normalized spacial score (nSPS) is 27.4. The Morgan fingerprint density at radius 1 is 1.25 bits per heavy atom. The predicted molar refractivity (Wildman–Crippen MR) is 93.5 cm³/mol. The maximum Gasteiger partial charge on any atom is 0.223 e. The Labute approximate surface area is 148 Å². The minimum absolute atomic E-state index is 0. The Morgan fingerprint density at radius 3 is 2.67 bits per heavy atom. The molecule has 134 valence electrons. The summed E-state index contributed by atoms with van der Waals surface area (Å²) >= 11 is 0. The van der Waals surface area contributed by atoms with Crippen LogP contribution in [0.15, 0.2) is 24.3 Å². The summed E-state index contributed by atoms with van der Waals surface area (Å²) in [5, 5.41) is 0. The Balaban J connectivity index is 0.00000208. The van der Waals surface area contributed by atoms with Crippen LogP contribution in [0.1, 0.15) is 43.8 Å². The number of nitrogens with two attached hydrogens (primary N) is 1. The van der Waals surface area contributed by atoms with Gasteiger partial charge in [-0.3, -0.25) is 4.79 Å². The van der Waals surface area contributed by atoms with Gasteiger partial charge in [-0.1, -0.05) is 25.0 Å². The lowest BCUT2D eigenvalue weighted by atomic mass is 9.82. The number of rotatable bonds is 3. The average molecular weight is 357 g/mol. The first-order chi connectivity index (χ1) is 11.1. The SMILES string of the molecule is Cl.NC1CCCCC1CC(=O)N1CCOC(c2ccc(F)cc2)C1. The van der Waals surface area contributed by atoms with Crippen molar-refractivity contribution in [1.29, 1.82) is 0 Å². The predicted octanol–water partition coefficient (Wildman–Crippen LogP) is 3.06. The molecule has 1 amide bonds. The van der Waals surface area contributed by atoms with Crippen molar-refractivity contribution in [3.05, 3.63) is 35.6 Å². The third kappa shape index (κ3) is 4.68. The molecule has 2 fully saturated rings. The zero-order valence-corrected chi connectivity index (χ0v) is 14.6. The zero-order chi connectivity index (χ0) is 16.2. The summed E-state index contributed by atoms with van der Waals surface area (Å²) in [7, 11) is 0. The average Bonchev–Trinajstić information content (AvgIpc) is 2.58. The standard InChI is InChI=1S/C18H25FN2O2.ClH/c19-15-7-5-13(6-8-15)17-12-21(9-10-23-17)18(22)11-14-3-1-2-4-16(14)20;/h5-8,14,16-17H,1-4,9-12,20H2;1H. The van der Waals surface area contributed by atoms with Crippen LogP contribution in [0, 0.1) is 11.7 Å². The van der Waals surface area contributed by atoms with Gasteiger partial charge in [0.25, 0.3) is 0 Å². The molecular formula is C18H26ClFN2O2. The van der Waals surface area contributed by atoms with Gasteiger partial charge in [-0.2, -0.15) is 0 Å². The number of hydrogen-bond donors (Lipinski definition) is 1. The maximum atomic E-state index is 13.0. The molecule has 0 aromatic heterocycles. The van der Waals surface area contributed by atoms with E-state index < -0.39 is 0 Å². The molecule has 1 heterocycles. The van der Waals surface area contributed by atoms with Gasteiger partial charge in [0.05, 0.1) is 13.2 Å². The van der Waals surface area contributed by atoms with Crippen molar-refractivity contribution in [2.75, 3.05) is 19.7 Å². The van der Waals surface area contributed by atoms with E-state index in [1.165, 1.54) is 25.0 Å². The molecule has 3 atom stereocenters. The van der Waals surface area contributed by atoms with Crippen LogP contribution in [-0.4, -0.2) is 36.5 Å². The molecule has 1 saturated carbocycles. The number of ether oxygens (including phenoxy) is 1. The van der Waals surface area contributed by atoms with Gasteiger partial charge >= 0.3 is 0 Å². The monoisotopic (exact) mass is 356 g/mol. The molecule has 1 aliphatic heterocycles. The lowest BCUT2D eigenvalue weighted by Gasteiger charge is -2.35. The van der Waals surface area contributed by atoms with Crippen LogP contribution in [-0.2, 0) is 9.53 Å². The number of nitrogens with zero attached hydrogens (tertiary/aromatic N) is 1. The maximum absolute atomic E-state index is 13.0. The van der Waals surface area contributed by atoms with E-state index in [9.17, 15) is 9.18 Å². The second kappa shape index (κ2) is 8.79. The summed E-state index contributed by atoms with van der Waals surface area (Å²) in [6.45, 7) is 1.68. The summed E-state index contributed by atoms with van der Waals surface area (Å²) in [6.07, 6.45) is 4.80. The lowest BCUT2D eigenvalue weighted by Crippen LogP contribution is -2.44. The summed E-state index contributed by atoms with van der Waals surface area (Å²) in [6, 6.07) is 6.47. The fourth-order valence-corrected chi connectivity index (χ4v) is 3.60. The molecular weight excluding hydrogens is 331 g/mol. The first-order valence-electron chi connectivity index (χ1n) is 8.54. The van der Waals surface area contributed by atoms with Crippen molar-refractivity contribution in [2.24, 2.45) is 11.7 Å². The molecule has 1 aromatic carbocycles. The molecule has 1 aliphatic carbocycles. The van der Waals surface area contributed by atoms with Gasteiger partial charge in [0.2, 0.25) is 5.91 Å². The fourth-order valence-electron chi connectivity index (χ4n) is 3.60. The molecule has 0 radical (unpaired) electrons. The number of morpholine rings is 1. The Morgan fingerprint density at radius 2 is 1.96 bits per heavy atom. The second-order valence-corrected chi connectivity index (χ2v) is 6.66. The highest BCUT2D eigenvalue weighted by Gasteiger charge is 2.29. The first kappa shape index (κ1) is 19.2. The highest BCUT2D eigenvalue weighted by atomic mass is 35.5. The lowest BCUT2D eigenvalue weighted by molar-refractivity contribution is -0.140. The molecule has 24 heavy (non-hydrogen) atoms. The summed E-state index contributed by atoms with van der Waals surface area (Å²) in [5.74, 6) is 0.218. The molecule has 3 rings (SSSR count). The third-order valence-corrected chi connectivity index (χ3v) is 5.07. The van der Waals surface area contributed by atoms with Gasteiger partial charge < -0.3 is 15.4 Å². The number of carbonyl (C=O) groups is 1. The molecule has 2 aliphatic rings. The smallest absolute Gasteiger partial charge is 0.223 e. The molecule has 6 heteroatoms. The van der Waals surface area contributed by atoms with Crippen LogP contribution in [0.3, 0.4) is 0 Å². The van der Waals surface area contributed by atoms with Crippen molar-refractivity contribution in [1.82, 2.24) is 4.90 Å². The van der Waals surface area contributed by atoms with E-state index >= 15 is 0 Å². The van der Waals surface area contributed by atoms with Gasteiger partial charge in [0.1, 0.15) is 11.9 Å². The van der Waals surface area contributed by atoms with E-state index in [0.717, 1.165) is 18.4 Å². The molecule has 0 spiro atoms. The Bertz CT molecular complexity index is 540. The third-order valence-electron chi connectivity index (χ3n) is 5.07. The minimum atomic E-state index is -0.260. The number of hydrogen-bond acceptors (Lipinski definition) is 3. The quantitative estimate of drug-likeness (QED) is 0.905. The summed E-state index contributed by atoms with van der Waals surface area (Å²) in [5.41, 5.74) is 7.07. The van der Waals surface area contributed by atoms with Crippen LogP contribution in [0.4, 0.5) is 4.39 Å². The van der Waals surface area contributed by atoms with Crippen molar-refractivity contribution < 1.29 is 13.9 Å². The molecule has 2 N–H and O–H groups in total. The van der Waals surface area contributed by atoms with Gasteiger partial charge in [-0.25, -0.2) is 4.39 Å². The minimum Gasteiger partial charge on any atom is -0.370 e. The van der Waals surface area contributed by atoms with E-state index in [1.54, 1.807) is 12.1 Å². The fraction of sp³-hybridized carbons (Fsp3) is 0.611. The highest BCUT2D eigenvalue weighted by Crippen LogP contribution is 2.28. The zero-order valence-electron chi connectivity index (χ0n) is 13.8. The van der Waals surface area contributed by atoms with Crippen molar-refractivity contribution >= 4 is 18.3 Å². The van der Waals surface area contributed by atoms with Crippen molar-refractivity contribution in [3.8, 4) is 0 Å². The van der Waals surface area contributed by atoms with Gasteiger partial charge in [-0.15, -0.1) is 12.4 Å². The molecule has 0 bridgehead atoms. The molecule has 3 unspecified atom stereocenters. The number of halogens is 2. The van der Waals surface area contributed by atoms with Crippen LogP contribution < -0.4 is 5.73 Å². The van der Waals surface area contributed by atoms with E-state index in [2.05, 4.69) is 0 Å². The largest absolute Gasteiger partial charge is 0.370 e. The van der Waals surface area contributed by atoms with Crippen LogP contribution in [0.25, 0.3) is 0 Å². The number of amides is 1. The van der Waals surface area contributed by atoms with Gasteiger partial charge in [0.15, 0.2) is 0 Å². The highest BCUT2D eigenvalue weighted by molar-refractivity contribution is 5.85. The van der Waals surface area contributed by atoms with Gasteiger partial charge in [-0.05, 0) is 36.5 Å². The molecule has 1 aromatic rings. The van der Waals surface area contributed by atoms with Crippen molar-refractivity contribution in [3.63, 3.8) is 0 Å². The second-order valence-electron chi connectivity index (χ2n) is 6.66. The molecule has 4 nitrogen and oxygen atoms in total. The number of carbonyl (C=O) groups excluding carboxylic acids is 1. The molecule has 1 saturated heterocycles. The Hall–Kier alpha value is -1.17. The summed E-state index contributed by atoms with van der Waals surface area (Å²) < 4.78 is 18.8. The van der Waals surface area contributed by atoms with Crippen molar-refractivity contribution in [2.45, 2.75) is 44.2 Å². The van der Waals surface area contributed by atoms with Gasteiger partial charge in [0, 0.05) is 19.0 Å². The van der Waals surface area contributed by atoms with Crippen LogP contribution in [0.2, 0.25) is 0 Å². The van der Waals surface area contributed by atoms with E-state index in [-0.39, 0.29) is 36.3 Å². The van der Waals surface area contributed by atoms with E-state index in [4.69, 9.17) is 10.5 Å². The Kier molecular flexibility index (Phi) is 7.02. The first-order valence-corrected chi connectivity index (χ1v) is 8.54. The van der Waals surface area contributed by atoms with E-state index in [1.807, 2.05) is 4.90 Å².